The van der Waals surface area contributed by atoms with Crippen LogP contribution >= 0.6 is 0 Å². The largest absolute Gasteiger partial charge is 0.342 e. The van der Waals surface area contributed by atoms with E-state index in [2.05, 4.69) is 10.4 Å². The van der Waals surface area contributed by atoms with Crippen molar-refractivity contribution in [1.29, 1.82) is 0 Å². The van der Waals surface area contributed by atoms with Crippen molar-refractivity contribution in [2.75, 3.05) is 31.5 Å². The SMILES string of the molecule is O=C(Nc1cccc(-n2cccn2)c1)N1CCC[C@H](C(=O)N2CCCC2)C1. The number of aromatic nitrogens is 2. The summed E-state index contributed by atoms with van der Waals surface area (Å²) in [5.41, 5.74) is 1.61. The van der Waals surface area contributed by atoms with Gasteiger partial charge in [0.25, 0.3) is 0 Å². The molecule has 1 atom stereocenters. The van der Waals surface area contributed by atoms with E-state index in [4.69, 9.17) is 0 Å². The van der Waals surface area contributed by atoms with E-state index in [0.29, 0.717) is 13.1 Å². The third kappa shape index (κ3) is 3.97. The van der Waals surface area contributed by atoms with Crippen LogP contribution in [0.3, 0.4) is 0 Å². The van der Waals surface area contributed by atoms with Crippen LogP contribution in [0.1, 0.15) is 25.7 Å². The van der Waals surface area contributed by atoms with Crippen molar-refractivity contribution in [1.82, 2.24) is 19.6 Å². The standard InChI is InChI=1S/C20H25N5O2/c26-19(23-10-1-2-11-23)16-6-4-12-24(15-16)20(27)22-17-7-3-8-18(14-17)25-13-5-9-21-25/h3,5,7-9,13-14,16H,1-2,4,6,10-12,15H2,(H,22,27)/t16-/m0/s1. The maximum absolute atomic E-state index is 12.7. The number of piperidine rings is 1. The summed E-state index contributed by atoms with van der Waals surface area (Å²) in [5, 5.41) is 7.18. The molecular formula is C20H25N5O2. The molecular weight excluding hydrogens is 342 g/mol. The molecule has 4 rings (SSSR count). The number of benzene rings is 1. The first-order valence-corrected chi connectivity index (χ1v) is 9.65. The first kappa shape index (κ1) is 17.6. The average molecular weight is 367 g/mol. The molecule has 2 saturated heterocycles. The van der Waals surface area contributed by atoms with Crippen molar-refractivity contribution >= 4 is 17.6 Å². The molecule has 2 aliphatic heterocycles. The fourth-order valence-electron chi connectivity index (χ4n) is 3.91. The van der Waals surface area contributed by atoms with Crippen molar-refractivity contribution in [3.8, 4) is 5.69 Å². The predicted molar refractivity (Wildman–Crippen MR) is 103 cm³/mol. The number of anilines is 1. The molecule has 0 aliphatic carbocycles. The maximum atomic E-state index is 12.7. The lowest BCUT2D eigenvalue weighted by molar-refractivity contribution is -0.135. The zero-order valence-corrected chi connectivity index (χ0v) is 15.4. The van der Waals surface area contributed by atoms with Crippen molar-refractivity contribution in [3.05, 3.63) is 42.7 Å². The van der Waals surface area contributed by atoms with Gasteiger partial charge in [0.05, 0.1) is 11.6 Å². The molecule has 2 aliphatic rings. The Balaban J connectivity index is 1.39. The Labute approximate surface area is 158 Å². The molecule has 0 saturated carbocycles. The Morgan fingerprint density at radius 2 is 1.85 bits per heavy atom. The summed E-state index contributed by atoms with van der Waals surface area (Å²) in [6.45, 7) is 2.91. The number of carbonyl (C=O) groups excluding carboxylic acids is 2. The molecule has 0 bridgehead atoms. The normalized spacial score (nSPS) is 19.9. The lowest BCUT2D eigenvalue weighted by atomic mass is 9.97. The summed E-state index contributed by atoms with van der Waals surface area (Å²) in [7, 11) is 0. The van der Waals surface area contributed by atoms with Crippen LogP contribution in [0.25, 0.3) is 5.69 Å². The molecule has 3 heterocycles. The van der Waals surface area contributed by atoms with Crippen LogP contribution in [0.15, 0.2) is 42.7 Å². The van der Waals surface area contributed by atoms with Gasteiger partial charge >= 0.3 is 6.03 Å². The van der Waals surface area contributed by atoms with Crippen LogP contribution in [0, 0.1) is 5.92 Å². The quantitative estimate of drug-likeness (QED) is 0.907. The molecule has 7 heteroatoms. The van der Waals surface area contributed by atoms with Gasteiger partial charge in [-0.3, -0.25) is 4.79 Å². The van der Waals surface area contributed by atoms with Crippen molar-refractivity contribution < 1.29 is 9.59 Å². The summed E-state index contributed by atoms with van der Waals surface area (Å²) in [5.74, 6) is 0.142. The topological polar surface area (TPSA) is 70.5 Å². The van der Waals surface area contributed by atoms with Crippen LogP contribution < -0.4 is 5.32 Å². The van der Waals surface area contributed by atoms with Crippen LogP contribution in [0.5, 0.6) is 0 Å². The highest BCUT2D eigenvalue weighted by Gasteiger charge is 2.32. The Kier molecular flexibility index (Phi) is 5.09. The third-order valence-electron chi connectivity index (χ3n) is 5.34. The molecule has 1 aromatic heterocycles. The number of nitrogens with one attached hydrogen (secondary N) is 1. The number of nitrogens with zero attached hydrogens (tertiary/aromatic N) is 4. The number of hydrogen-bond donors (Lipinski definition) is 1. The van der Waals surface area contributed by atoms with Gasteiger partial charge in [0.1, 0.15) is 0 Å². The summed E-state index contributed by atoms with van der Waals surface area (Å²) in [6.07, 6.45) is 7.50. The van der Waals surface area contributed by atoms with E-state index in [0.717, 1.165) is 50.1 Å². The molecule has 2 fully saturated rings. The van der Waals surface area contributed by atoms with Gasteiger partial charge in [0.2, 0.25) is 5.91 Å². The molecule has 1 aromatic carbocycles. The zero-order valence-electron chi connectivity index (χ0n) is 15.4. The highest BCUT2D eigenvalue weighted by atomic mass is 16.2. The Morgan fingerprint density at radius 1 is 1.04 bits per heavy atom. The van der Waals surface area contributed by atoms with E-state index in [1.807, 2.05) is 41.4 Å². The number of carbonyl (C=O) groups is 2. The van der Waals surface area contributed by atoms with Gasteiger partial charge < -0.3 is 15.1 Å². The second kappa shape index (κ2) is 7.82. The van der Waals surface area contributed by atoms with Crippen molar-refractivity contribution in [2.45, 2.75) is 25.7 Å². The van der Waals surface area contributed by atoms with Gasteiger partial charge in [0, 0.05) is 44.3 Å². The van der Waals surface area contributed by atoms with E-state index in [1.165, 1.54) is 0 Å². The Hall–Kier alpha value is -2.83. The van der Waals surface area contributed by atoms with Crippen LogP contribution in [0.4, 0.5) is 10.5 Å². The highest BCUT2D eigenvalue weighted by Crippen LogP contribution is 2.22. The van der Waals surface area contributed by atoms with E-state index in [1.54, 1.807) is 15.8 Å². The van der Waals surface area contributed by atoms with Crippen molar-refractivity contribution in [3.63, 3.8) is 0 Å². The second-order valence-electron chi connectivity index (χ2n) is 7.25. The Bertz CT molecular complexity index is 798. The molecule has 2 aromatic rings. The average Bonchev–Trinajstić information content (AvgIpc) is 3.42. The fraction of sp³-hybridized carbons (Fsp3) is 0.450. The fourth-order valence-corrected chi connectivity index (χ4v) is 3.91. The molecule has 142 valence electrons. The van der Waals surface area contributed by atoms with E-state index < -0.39 is 0 Å². The van der Waals surface area contributed by atoms with Gasteiger partial charge in [0.15, 0.2) is 0 Å². The van der Waals surface area contributed by atoms with Gasteiger partial charge in [-0.05, 0) is 49.9 Å². The van der Waals surface area contributed by atoms with Gasteiger partial charge in [-0.25, -0.2) is 9.48 Å². The molecule has 27 heavy (non-hydrogen) atoms. The number of likely N-dealkylation sites (tertiary alicyclic amines) is 2. The molecule has 0 unspecified atom stereocenters. The van der Waals surface area contributed by atoms with Crippen LogP contribution in [-0.2, 0) is 4.79 Å². The monoisotopic (exact) mass is 367 g/mol. The van der Waals surface area contributed by atoms with E-state index in [9.17, 15) is 9.59 Å². The molecule has 0 radical (unpaired) electrons. The molecule has 3 amide bonds. The first-order valence-electron chi connectivity index (χ1n) is 9.65. The number of hydrogen-bond acceptors (Lipinski definition) is 3. The van der Waals surface area contributed by atoms with E-state index >= 15 is 0 Å². The third-order valence-corrected chi connectivity index (χ3v) is 5.34. The van der Waals surface area contributed by atoms with Gasteiger partial charge in [-0.1, -0.05) is 6.07 Å². The molecule has 1 N–H and O–H groups in total. The van der Waals surface area contributed by atoms with Crippen LogP contribution in [-0.4, -0.2) is 57.7 Å². The lowest BCUT2D eigenvalue weighted by Gasteiger charge is -2.34. The minimum atomic E-state index is -0.147. The summed E-state index contributed by atoms with van der Waals surface area (Å²) in [6, 6.07) is 9.29. The molecule has 7 nitrogen and oxygen atoms in total. The first-order chi connectivity index (χ1) is 13.2. The van der Waals surface area contributed by atoms with Crippen LogP contribution in [0.2, 0.25) is 0 Å². The number of amides is 3. The lowest BCUT2D eigenvalue weighted by Crippen LogP contribution is -2.47. The van der Waals surface area contributed by atoms with Gasteiger partial charge in [-0.2, -0.15) is 5.10 Å². The zero-order chi connectivity index (χ0) is 18.6. The predicted octanol–water partition coefficient (Wildman–Crippen LogP) is 2.74. The highest BCUT2D eigenvalue weighted by molar-refractivity contribution is 5.90. The molecule has 0 spiro atoms. The minimum absolute atomic E-state index is 0.0713. The van der Waals surface area contributed by atoms with E-state index in [-0.39, 0.29) is 17.9 Å². The summed E-state index contributed by atoms with van der Waals surface area (Å²) >= 11 is 0. The van der Waals surface area contributed by atoms with Gasteiger partial charge in [-0.15, -0.1) is 0 Å². The maximum Gasteiger partial charge on any atom is 0.321 e. The summed E-state index contributed by atoms with van der Waals surface area (Å²) < 4.78 is 1.75. The smallest absolute Gasteiger partial charge is 0.321 e. The second-order valence-corrected chi connectivity index (χ2v) is 7.25. The number of rotatable bonds is 3. The Morgan fingerprint density at radius 3 is 2.63 bits per heavy atom. The van der Waals surface area contributed by atoms with Crippen molar-refractivity contribution in [2.24, 2.45) is 5.92 Å². The number of urea groups is 1. The summed E-state index contributed by atoms with van der Waals surface area (Å²) in [4.78, 5) is 29.1. The minimum Gasteiger partial charge on any atom is -0.342 e.